The molecule has 1 aromatic carbocycles. The van der Waals surface area contributed by atoms with Gasteiger partial charge in [0.25, 0.3) is 11.8 Å². The first-order valence-corrected chi connectivity index (χ1v) is 7.83. The Kier molecular flexibility index (Phi) is 8.32. The number of nitrogens with one attached hydrogen (secondary N) is 2. The fourth-order valence-corrected chi connectivity index (χ4v) is 2.04. The molecule has 0 bridgehead atoms. The number of carbonyl (C=O) groups excluding carboxylic acids is 3. The molecular formula is C17H24N2O5. The van der Waals surface area contributed by atoms with Crippen molar-refractivity contribution in [1.29, 1.82) is 0 Å². The molecule has 1 atom stereocenters. The lowest BCUT2D eigenvalue weighted by Gasteiger charge is -2.12. The van der Waals surface area contributed by atoms with Crippen LogP contribution < -0.4 is 15.4 Å². The van der Waals surface area contributed by atoms with E-state index in [1.165, 1.54) is 7.11 Å². The number of carbonyl (C=O) groups is 3. The molecule has 2 N–H and O–H groups in total. The van der Waals surface area contributed by atoms with Gasteiger partial charge in [0.1, 0.15) is 12.3 Å². The first-order valence-electron chi connectivity index (χ1n) is 7.83. The standard InChI is InChI=1S/C17H24N2O5/c1-4-6-12(2)19-15(20)11-24-16(21)10-18-17(22)13-7-5-8-14(9-13)23-3/h5,7-9,12H,4,6,10-11H2,1-3H3,(H,18,22)(H,19,20)/t12-/m1/s1. The molecule has 7 heteroatoms. The maximum atomic E-state index is 11.9. The smallest absolute Gasteiger partial charge is 0.325 e. The van der Waals surface area contributed by atoms with E-state index in [-0.39, 0.29) is 25.1 Å². The van der Waals surface area contributed by atoms with Crippen molar-refractivity contribution in [3.05, 3.63) is 29.8 Å². The summed E-state index contributed by atoms with van der Waals surface area (Å²) in [5.74, 6) is -0.914. The maximum Gasteiger partial charge on any atom is 0.325 e. The Morgan fingerprint density at radius 1 is 1.25 bits per heavy atom. The molecule has 0 aliphatic rings. The summed E-state index contributed by atoms with van der Waals surface area (Å²) < 4.78 is 9.85. The lowest BCUT2D eigenvalue weighted by Crippen LogP contribution is -2.37. The van der Waals surface area contributed by atoms with Gasteiger partial charge in [-0.1, -0.05) is 19.4 Å². The third kappa shape index (κ3) is 7.13. The number of amides is 2. The average Bonchev–Trinajstić information content (AvgIpc) is 2.58. The third-order valence-electron chi connectivity index (χ3n) is 3.22. The van der Waals surface area contributed by atoms with Crippen LogP contribution in [0.2, 0.25) is 0 Å². The maximum absolute atomic E-state index is 11.9. The molecule has 0 spiro atoms. The van der Waals surface area contributed by atoms with Crippen molar-refractivity contribution in [2.24, 2.45) is 0 Å². The fourth-order valence-electron chi connectivity index (χ4n) is 2.04. The van der Waals surface area contributed by atoms with E-state index in [1.54, 1.807) is 24.3 Å². The van der Waals surface area contributed by atoms with Gasteiger partial charge in [-0.05, 0) is 31.5 Å². The zero-order chi connectivity index (χ0) is 17.9. The van der Waals surface area contributed by atoms with Gasteiger partial charge in [0.15, 0.2) is 6.61 Å². The van der Waals surface area contributed by atoms with Crippen molar-refractivity contribution in [3.63, 3.8) is 0 Å². The van der Waals surface area contributed by atoms with Gasteiger partial charge in [-0.15, -0.1) is 0 Å². The molecule has 0 saturated carbocycles. The molecule has 0 aliphatic carbocycles. The predicted octanol–water partition coefficient (Wildman–Crippen LogP) is 1.27. The molecule has 0 aromatic heterocycles. The van der Waals surface area contributed by atoms with Crippen LogP contribution in [-0.4, -0.2) is 44.1 Å². The third-order valence-corrected chi connectivity index (χ3v) is 3.22. The molecule has 0 saturated heterocycles. The molecule has 0 aliphatic heterocycles. The molecular weight excluding hydrogens is 312 g/mol. The summed E-state index contributed by atoms with van der Waals surface area (Å²) in [6.07, 6.45) is 1.81. The van der Waals surface area contributed by atoms with Crippen LogP contribution >= 0.6 is 0 Å². The number of benzene rings is 1. The Hall–Kier alpha value is -2.57. The Morgan fingerprint density at radius 3 is 2.67 bits per heavy atom. The van der Waals surface area contributed by atoms with Gasteiger partial charge in [-0.2, -0.15) is 0 Å². The molecule has 132 valence electrons. The summed E-state index contributed by atoms with van der Waals surface area (Å²) in [7, 11) is 1.50. The molecule has 7 nitrogen and oxygen atoms in total. The van der Waals surface area contributed by atoms with Gasteiger partial charge in [0, 0.05) is 11.6 Å². The summed E-state index contributed by atoms with van der Waals surface area (Å²) in [6, 6.07) is 6.58. The zero-order valence-electron chi connectivity index (χ0n) is 14.3. The highest BCUT2D eigenvalue weighted by Crippen LogP contribution is 2.12. The van der Waals surface area contributed by atoms with E-state index in [1.807, 2.05) is 13.8 Å². The van der Waals surface area contributed by atoms with Gasteiger partial charge >= 0.3 is 5.97 Å². The molecule has 1 aromatic rings. The van der Waals surface area contributed by atoms with Crippen LogP contribution in [0.1, 0.15) is 37.0 Å². The van der Waals surface area contributed by atoms with Crippen LogP contribution in [0.4, 0.5) is 0 Å². The average molecular weight is 336 g/mol. The summed E-state index contributed by atoms with van der Waals surface area (Å²) in [6.45, 7) is 3.24. The van der Waals surface area contributed by atoms with E-state index in [2.05, 4.69) is 10.6 Å². The number of hydrogen-bond donors (Lipinski definition) is 2. The predicted molar refractivity (Wildman–Crippen MR) is 88.8 cm³/mol. The van der Waals surface area contributed by atoms with E-state index < -0.39 is 11.9 Å². The minimum absolute atomic E-state index is 0.0361. The minimum atomic E-state index is -0.676. The highest BCUT2D eigenvalue weighted by Gasteiger charge is 2.12. The van der Waals surface area contributed by atoms with Crippen LogP contribution in [0.25, 0.3) is 0 Å². The second kappa shape index (κ2) is 10.3. The second-order valence-corrected chi connectivity index (χ2v) is 5.33. The SMILES string of the molecule is CCC[C@@H](C)NC(=O)COC(=O)CNC(=O)c1cccc(OC)c1. The van der Waals surface area contributed by atoms with Crippen molar-refractivity contribution in [2.45, 2.75) is 32.7 Å². The lowest BCUT2D eigenvalue weighted by atomic mass is 10.2. The molecule has 24 heavy (non-hydrogen) atoms. The Labute approximate surface area is 141 Å². The van der Waals surface area contributed by atoms with Crippen molar-refractivity contribution in [2.75, 3.05) is 20.3 Å². The Balaban J connectivity index is 2.32. The largest absolute Gasteiger partial charge is 0.497 e. The van der Waals surface area contributed by atoms with Gasteiger partial charge in [0.2, 0.25) is 0 Å². The van der Waals surface area contributed by atoms with Gasteiger partial charge in [0.05, 0.1) is 7.11 Å². The van der Waals surface area contributed by atoms with Crippen molar-refractivity contribution in [3.8, 4) is 5.75 Å². The highest BCUT2D eigenvalue weighted by molar-refractivity contribution is 5.96. The summed E-state index contributed by atoms with van der Waals surface area (Å²) in [4.78, 5) is 35.1. The number of methoxy groups -OCH3 is 1. The van der Waals surface area contributed by atoms with E-state index in [0.717, 1.165) is 12.8 Å². The van der Waals surface area contributed by atoms with Crippen LogP contribution in [0.5, 0.6) is 5.75 Å². The van der Waals surface area contributed by atoms with Gasteiger partial charge < -0.3 is 20.1 Å². The number of rotatable bonds is 9. The van der Waals surface area contributed by atoms with Gasteiger partial charge in [-0.25, -0.2) is 0 Å². The van der Waals surface area contributed by atoms with E-state index in [4.69, 9.17) is 9.47 Å². The van der Waals surface area contributed by atoms with Crippen molar-refractivity contribution < 1.29 is 23.9 Å². The monoisotopic (exact) mass is 336 g/mol. The number of ether oxygens (including phenoxy) is 2. The first kappa shape index (κ1) is 19.5. The molecule has 0 radical (unpaired) electrons. The van der Waals surface area contributed by atoms with E-state index >= 15 is 0 Å². The van der Waals surface area contributed by atoms with Crippen molar-refractivity contribution in [1.82, 2.24) is 10.6 Å². The fraction of sp³-hybridized carbons (Fsp3) is 0.471. The Morgan fingerprint density at radius 2 is 2.00 bits per heavy atom. The lowest BCUT2D eigenvalue weighted by molar-refractivity contribution is -0.147. The van der Waals surface area contributed by atoms with Crippen LogP contribution in [0.15, 0.2) is 24.3 Å². The summed E-state index contributed by atoms with van der Waals surface area (Å²) >= 11 is 0. The number of hydrogen-bond acceptors (Lipinski definition) is 5. The van der Waals surface area contributed by atoms with E-state index in [9.17, 15) is 14.4 Å². The van der Waals surface area contributed by atoms with Crippen LogP contribution in [0.3, 0.4) is 0 Å². The van der Waals surface area contributed by atoms with Crippen LogP contribution in [0, 0.1) is 0 Å². The van der Waals surface area contributed by atoms with E-state index in [0.29, 0.717) is 11.3 Å². The molecule has 0 heterocycles. The normalized spacial score (nSPS) is 11.3. The highest BCUT2D eigenvalue weighted by atomic mass is 16.5. The first-order chi connectivity index (χ1) is 11.5. The quantitative estimate of drug-likeness (QED) is 0.663. The molecule has 0 fully saturated rings. The summed E-state index contributed by atoms with van der Waals surface area (Å²) in [5.41, 5.74) is 0.369. The van der Waals surface area contributed by atoms with Crippen LogP contribution in [-0.2, 0) is 14.3 Å². The number of esters is 1. The van der Waals surface area contributed by atoms with Crippen molar-refractivity contribution >= 4 is 17.8 Å². The minimum Gasteiger partial charge on any atom is -0.497 e. The Bertz CT molecular complexity index is 574. The van der Waals surface area contributed by atoms with Gasteiger partial charge in [-0.3, -0.25) is 14.4 Å². The molecule has 1 rings (SSSR count). The topological polar surface area (TPSA) is 93.7 Å². The summed E-state index contributed by atoms with van der Waals surface area (Å²) in [5, 5.41) is 5.16. The zero-order valence-corrected chi connectivity index (χ0v) is 14.3. The molecule has 0 unspecified atom stereocenters. The second-order valence-electron chi connectivity index (χ2n) is 5.33. The molecule has 2 amide bonds.